The number of halogens is 2. The smallest absolute Gasteiger partial charge is 0.249 e. The van der Waals surface area contributed by atoms with E-state index in [2.05, 4.69) is 21.2 Å². The molecule has 2 amide bonds. The van der Waals surface area contributed by atoms with Gasteiger partial charge in [-0.1, -0.05) is 31.0 Å². The van der Waals surface area contributed by atoms with E-state index < -0.39 is 6.04 Å². The molecule has 1 aromatic rings. The summed E-state index contributed by atoms with van der Waals surface area (Å²) in [6, 6.07) is 4.92. The van der Waals surface area contributed by atoms with Crippen molar-refractivity contribution in [3.8, 4) is 0 Å². The van der Waals surface area contributed by atoms with E-state index in [0.717, 1.165) is 6.42 Å². The third-order valence-electron chi connectivity index (χ3n) is 3.26. The highest BCUT2D eigenvalue weighted by atomic mass is 79.9. The van der Waals surface area contributed by atoms with Crippen LogP contribution in [0.15, 0.2) is 22.7 Å². The molecule has 6 heteroatoms. The van der Waals surface area contributed by atoms with E-state index in [-0.39, 0.29) is 11.8 Å². The zero-order valence-electron chi connectivity index (χ0n) is 11.2. The van der Waals surface area contributed by atoms with Gasteiger partial charge in [-0.3, -0.25) is 9.59 Å². The summed E-state index contributed by atoms with van der Waals surface area (Å²) in [6.45, 7) is 2.35. The fourth-order valence-electron chi connectivity index (χ4n) is 2.26. The van der Waals surface area contributed by atoms with Crippen LogP contribution in [0.5, 0.6) is 0 Å². The summed E-state index contributed by atoms with van der Waals surface area (Å²) in [5.41, 5.74) is 0.708. The van der Waals surface area contributed by atoms with Crippen molar-refractivity contribution in [1.29, 1.82) is 0 Å². The lowest BCUT2D eigenvalue weighted by molar-refractivity contribution is -0.125. The molecule has 1 saturated heterocycles. The quantitative estimate of drug-likeness (QED) is 0.901. The Morgan fingerprint density at radius 1 is 1.45 bits per heavy atom. The number of carbonyl (C=O) groups is 2. The molecule has 0 aliphatic carbocycles. The van der Waals surface area contributed by atoms with Crippen LogP contribution in [-0.2, 0) is 9.59 Å². The second-order valence-electron chi connectivity index (χ2n) is 4.72. The largest absolute Gasteiger partial charge is 0.344 e. The van der Waals surface area contributed by atoms with Crippen molar-refractivity contribution in [3.63, 3.8) is 0 Å². The highest BCUT2D eigenvalue weighted by Crippen LogP contribution is 2.33. The summed E-state index contributed by atoms with van der Waals surface area (Å²) in [4.78, 5) is 25.9. The fourth-order valence-corrected chi connectivity index (χ4v) is 2.91. The number of hydrogen-bond acceptors (Lipinski definition) is 2. The van der Waals surface area contributed by atoms with Crippen molar-refractivity contribution >= 4 is 45.0 Å². The summed E-state index contributed by atoms with van der Waals surface area (Å²) in [5, 5.41) is 3.33. The Morgan fingerprint density at radius 2 is 2.20 bits per heavy atom. The van der Waals surface area contributed by atoms with Crippen molar-refractivity contribution < 1.29 is 9.59 Å². The van der Waals surface area contributed by atoms with Crippen LogP contribution in [0.1, 0.15) is 26.2 Å². The minimum Gasteiger partial charge on any atom is -0.344 e. The van der Waals surface area contributed by atoms with E-state index in [1.54, 1.807) is 17.0 Å². The molecule has 1 atom stereocenters. The highest BCUT2D eigenvalue weighted by molar-refractivity contribution is 9.10. The van der Waals surface area contributed by atoms with E-state index in [9.17, 15) is 9.59 Å². The third-order valence-corrected chi connectivity index (χ3v) is 4.64. The molecule has 1 heterocycles. The maximum atomic E-state index is 12.6. The number of anilines is 1. The second-order valence-corrected chi connectivity index (χ2v) is 5.92. The Hall–Kier alpha value is -1.07. The van der Waals surface area contributed by atoms with Crippen molar-refractivity contribution in [1.82, 2.24) is 5.32 Å². The van der Waals surface area contributed by atoms with Crippen molar-refractivity contribution in [2.24, 2.45) is 0 Å². The lowest BCUT2D eigenvalue weighted by Crippen LogP contribution is -2.44. The van der Waals surface area contributed by atoms with E-state index >= 15 is 0 Å². The number of nitrogens with zero attached hydrogens (tertiary/aromatic N) is 1. The van der Waals surface area contributed by atoms with Crippen LogP contribution in [0.3, 0.4) is 0 Å². The van der Waals surface area contributed by atoms with Gasteiger partial charge in [0.05, 0.1) is 15.2 Å². The first-order chi connectivity index (χ1) is 9.54. The van der Waals surface area contributed by atoms with Gasteiger partial charge in [-0.2, -0.15) is 0 Å². The summed E-state index contributed by atoms with van der Waals surface area (Å²) >= 11 is 9.49. The molecule has 0 saturated carbocycles. The van der Waals surface area contributed by atoms with Gasteiger partial charge in [0.1, 0.15) is 6.04 Å². The lowest BCUT2D eigenvalue weighted by Gasteiger charge is -2.25. The molecule has 1 N–H and O–H groups in total. The minimum atomic E-state index is -0.458. The van der Waals surface area contributed by atoms with Gasteiger partial charge in [-0.15, -0.1) is 0 Å². The molecular formula is C14H16BrClN2O2. The Labute approximate surface area is 131 Å². The summed E-state index contributed by atoms with van der Waals surface area (Å²) < 4.78 is 0.680. The van der Waals surface area contributed by atoms with E-state index in [1.807, 2.05) is 13.0 Å². The van der Waals surface area contributed by atoms with Crippen LogP contribution >= 0.6 is 27.5 Å². The fraction of sp³-hybridized carbons (Fsp3) is 0.429. The zero-order valence-corrected chi connectivity index (χ0v) is 13.5. The Kier molecular flexibility index (Phi) is 5.05. The zero-order chi connectivity index (χ0) is 14.7. The van der Waals surface area contributed by atoms with Gasteiger partial charge in [0, 0.05) is 13.0 Å². The molecule has 0 radical (unpaired) electrons. The first-order valence-electron chi connectivity index (χ1n) is 6.59. The van der Waals surface area contributed by atoms with E-state index in [0.29, 0.717) is 34.6 Å². The second kappa shape index (κ2) is 6.59. The summed E-state index contributed by atoms with van der Waals surface area (Å²) in [7, 11) is 0. The predicted molar refractivity (Wildman–Crippen MR) is 83.0 cm³/mol. The third kappa shape index (κ3) is 3.15. The van der Waals surface area contributed by atoms with Crippen LogP contribution in [0, 0.1) is 0 Å². The van der Waals surface area contributed by atoms with Gasteiger partial charge in [0.2, 0.25) is 11.8 Å². The normalized spacial score (nSPS) is 19.8. The molecule has 1 aliphatic heterocycles. The number of hydrogen-bond donors (Lipinski definition) is 1. The minimum absolute atomic E-state index is 0.0827. The lowest BCUT2D eigenvalue weighted by atomic mass is 10.1. The van der Waals surface area contributed by atoms with Crippen molar-refractivity contribution in [2.75, 3.05) is 11.4 Å². The molecule has 1 unspecified atom stereocenters. The molecular weight excluding hydrogens is 344 g/mol. The SMILES string of the molecule is CCCC1NC(=O)CCN(c2cccc(Cl)c2Br)C1=O. The molecule has 1 aliphatic rings. The maximum Gasteiger partial charge on any atom is 0.249 e. The van der Waals surface area contributed by atoms with Crippen LogP contribution < -0.4 is 10.2 Å². The number of carbonyl (C=O) groups excluding carboxylic acids is 2. The van der Waals surface area contributed by atoms with Crippen LogP contribution in [0.25, 0.3) is 0 Å². The van der Waals surface area contributed by atoms with Gasteiger partial charge < -0.3 is 10.2 Å². The Bertz CT molecular complexity index is 536. The molecule has 20 heavy (non-hydrogen) atoms. The van der Waals surface area contributed by atoms with Gasteiger partial charge in [0.15, 0.2) is 0 Å². The van der Waals surface area contributed by atoms with Crippen LogP contribution in [-0.4, -0.2) is 24.4 Å². The highest BCUT2D eigenvalue weighted by Gasteiger charge is 2.31. The predicted octanol–water partition coefficient (Wildman–Crippen LogP) is 3.12. The number of benzene rings is 1. The summed E-state index contributed by atoms with van der Waals surface area (Å²) in [5.74, 6) is -0.168. The molecule has 0 spiro atoms. The molecule has 1 fully saturated rings. The van der Waals surface area contributed by atoms with E-state index in [1.165, 1.54) is 0 Å². The molecule has 2 rings (SSSR count). The maximum absolute atomic E-state index is 12.6. The molecule has 0 bridgehead atoms. The van der Waals surface area contributed by atoms with Gasteiger partial charge in [-0.05, 0) is 34.5 Å². The van der Waals surface area contributed by atoms with Crippen molar-refractivity contribution in [3.05, 3.63) is 27.7 Å². The molecule has 4 nitrogen and oxygen atoms in total. The first-order valence-corrected chi connectivity index (χ1v) is 7.76. The van der Waals surface area contributed by atoms with Crippen molar-refractivity contribution in [2.45, 2.75) is 32.2 Å². The van der Waals surface area contributed by atoms with Gasteiger partial charge >= 0.3 is 0 Å². The average Bonchev–Trinajstić information content (AvgIpc) is 2.55. The standard InChI is InChI=1S/C14H16BrClN2O2/c1-2-4-10-14(20)18(8-7-12(19)17-10)11-6-3-5-9(16)13(11)15/h3,5-6,10H,2,4,7-8H2,1H3,(H,17,19). The topological polar surface area (TPSA) is 49.4 Å². The van der Waals surface area contributed by atoms with Crippen LogP contribution in [0.4, 0.5) is 5.69 Å². The number of nitrogens with one attached hydrogen (secondary N) is 1. The monoisotopic (exact) mass is 358 g/mol. The number of amides is 2. The Balaban J connectivity index is 2.36. The van der Waals surface area contributed by atoms with Gasteiger partial charge in [-0.25, -0.2) is 0 Å². The number of rotatable bonds is 3. The molecule has 1 aromatic carbocycles. The first kappa shape index (κ1) is 15.3. The van der Waals surface area contributed by atoms with E-state index in [4.69, 9.17) is 11.6 Å². The van der Waals surface area contributed by atoms with Gasteiger partial charge in [0.25, 0.3) is 0 Å². The molecule has 108 valence electrons. The van der Waals surface area contributed by atoms with Crippen LogP contribution in [0.2, 0.25) is 5.02 Å². The molecule has 0 aromatic heterocycles. The average molecular weight is 360 g/mol. The summed E-state index contributed by atoms with van der Waals surface area (Å²) in [6.07, 6.45) is 1.77. The Morgan fingerprint density at radius 3 is 2.90 bits per heavy atom.